The van der Waals surface area contributed by atoms with Crippen LogP contribution < -0.4 is 20.1 Å². The summed E-state index contributed by atoms with van der Waals surface area (Å²) in [4.78, 5) is 16.2. The fourth-order valence-electron chi connectivity index (χ4n) is 1.98. The Morgan fingerprint density at radius 2 is 1.95 bits per heavy atom. The number of amides is 1. The molecule has 0 aromatic heterocycles. The van der Waals surface area contributed by atoms with Gasteiger partial charge in [0.15, 0.2) is 17.5 Å². The maximum atomic E-state index is 12.0. The zero-order valence-electron chi connectivity index (χ0n) is 11.5. The molecule has 1 amide bonds. The number of aliphatic imine (C=N–C) groups is 1. The van der Waals surface area contributed by atoms with Crippen LogP contribution in [0, 0.1) is 0 Å². The van der Waals surface area contributed by atoms with E-state index in [4.69, 9.17) is 9.47 Å². The predicted octanol–water partition coefficient (Wildman–Crippen LogP) is 1.60. The molecule has 0 bridgehead atoms. The normalized spacial score (nSPS) is 19.7. The van der Waals surface area contributed by atoms with Gasteiger partial charge in [0, 0.05) is 16.6 Å². The lowest BCUT2D eigenvalue weighted by atomic mass is 10.1. The van der Waals surface area contributed by atoms with Crippen LogP contribution in [0.1, 0.15) is 18.5 Å². The molecule has 1 aliphatic rings. The highest BCUT2D eigenvalue weighted by Crippen LogP contribution is 2.36. The molecule has 108 valence electrons. The van der Waals surface area contributed by atoms with E-state index in [1.807, 2.05) is 6.92 Å². The molecular weight excluding hydrogens is 326 g/mol. The smallest absolute Gasteiger partial charge is 0.253 e. The minimum Gasteiger partial charge on any atom is -0.493 e. The molecule has 0 saturated carbocycles. The summed E-state index contributed by atoms with van der Waals surface area (Å²) in [5, 5.41) is 5.75. The van der Waals surface area contributed by atoms with Crippen molar-refractivity contribution in [1.29, 1.82) is 0 Å². The molecule has 0 radical (unpaired) electrons. The lowest BCUT2D eigenvalue weighted by Crippen LogP contribution is -2.25. The van der Waals surface area contributed by atoms with Gasteiger partial charge >= 0.3 is 0 Å². The third-order valence-electron chi connectivity index (χ3n) is 2.91. The van der Waals surface area contributed by atoms with Crippen LogP contribution in [0.2, 0.25) is 0 Å². The summed E-state index contributed by atoms with van der Waals surface area (Å²) in [7, 11) is 3.12. The van der Waals surface area contributed by atoms with Gasteiger partial charge in [-0.1, -0.05) is 15.9 Å². The van der Waals surface area contributed by atoms with Gasteiger partial charge in [-0.2, -0.15) is 0 Å². The first-order valence-electron chi connectivity index (χ1n) is 6.14. The standard InChI is InChI=1S/C13H16BrN3O3/c1-4-15-13-16-11(12(18)17-13)7-5-9(19-2)10(20-3)6-8(7)14/h5-6,11H,4H2,1-3H3,(H2,15,16,17,18). The van der Waals surface area contributed by atoms with E-state index in [1.54, 1.807) is 26.4 Å². The van der Waals surface area contributed by atoms with Crippen LogP contribution in [0.25, 0.3) is 0 Å². The molecule has 2 rings (SSSR count). The van der Waals surface area contributed by atoms with Crippen LogP contribution in [-0.2, 0) is 4.79 Å². The van der Waals surface area contributed by atoms with E-state index in [1.165, 1.54) is 0 Å². The first-order valence-corrected chi connectivity index (χ1v) is 6.93. The van der Waals surface area contributed by atoms with Crippen molar-refractivity contribution in [2.24, 2.45) is 4.99 Å². The first-order chi connectivity index (χ1) is 9.60. The number of guanidine groups is 1. The number of hydrogen-bond acceptors (Lipinski definition) is 4. The highest BCUT2D eigenvalue weighted by molar-refractivity contribution is 9.10. The molecule has 1 aliphatic heterocycles. The third-order valence-corrected chi connectivity index (χ3v) is 3.60. The molecule has 0 spiro atoms. The van der Waals surface area contributed by atoms with Crippen molar-refractivity contribution in [3.05, 3.63) is 22.2 Å². The van der Waals surface area contributed by atoms with E-state index in [9.17, 15) is 4.79 Å². The minimum atomic E-state index is -0.505. The van der Waals surface area contributed by atoms with Crippen molar-refractivity contribution >= 4 is 27.8 Å². The fourth-order valence-corrected chi connectivity index (χ4v) is 2.53. The van der Waals surface area contributed by atoms with Gasteiger partial charge < -0.3 is 14.8 Å². The molecule has 1 saturated heterocycles. The Labute approximate surface area is 125 Å². The number of benzene rings is 1. The fraction of sp³-hybridized carbons (Fsp3) is 0.385. The maximum absolute atomic E-state index is 12.0. The lowest BCUT2D eigenvalue weighted by molar-refractivity contribution is -0.120. The first kappa shape index (κ1) is 14.6. The Bertz CT molecular complexity index is 560. The SMILES string of the molecule is CCN=C1NC(=O)C(c2cc(OC)c(OC)cc2Br)N1. The summed E-state index contributed by atoms with van der Waals surface area (Å²) in [5.74, 6) is 1.51. The van der Waals surface area contributed by atoms with E-state index < -0.39 is 6.04 Å². The number of methoxy groups -OCH3 is 2. The number of carbonyl (C=O) groups excluding carboxylic acids is 1. The summed E-state index contributed by atoms with van der Waals surface area (Å²) >= 11 is 3.45. The Morgan fingerprint density at radius 3 is 2.55 bits per heavy atom. The number of carbonyl (C=O) groups is 1. The zero-order valence-corrected chi connectivity index (χ0v) is 13.1. The highest BCUT2D eigenvalue weighted by Gasteiger charge is 2.31. The van der Waals surface area contributed by atoms with E-state index >= 15 is 0 Å². The Morgan fingerprint density at radius 1 is 1.30 bits per heavy atom. The summed E-state index contributed by atoms with van der Waals surface area (Å²) in [6.07, 6.45) is 0. The van der Waals surface area contributed by atoms with Gasteiger partial charge in [-0.25, -0.2) is 0 Å². The summed E-state index contributed by atoms with van der Waals surface area (Å²) < 4.78 is 11.3. The van der Waals surface area contributed by atoms with Crippen LogP contribution in [0.5, 0.6) is 11.5 Å². The monoisotopic (exact) mass is 341 g/mol. The van der Waals surface area contributed by atoms with E-state index in [0.29, 0.717) is 24.0 Å². The Hall–Kier alpha value is -1.76. The molecule has 2 N–H and O–H groups in total. The molecule has 20 heavy (non-hydrogen) atoms. The molecular formula is C13H16BrN3O3. The lowest BCUT2D eigenvalue weighted by Gasteiger charge is -2.15. The molecule has 1 aromatic carbocycles. The number of halogens is 1. The molecule has 1 heterocycles. The van der Waals surface area contributed by atoms with Crippen LogP contribution in [0.4, 0.5) is 0 Å². The van der Waals surface area contributed by atoms with Gasteiger partial charge in [0.1, 0.15) is 6.04 Å². The maximum Gasteiger partial charge on any atom is 0.253 e. The molecule has 7 heteroatoms. The van der Waals surface area contributed by atoms with Gasteiger partial charge in [-0.15, -0.1) is 0 Å². The largest absolute Gasteiger partial charge is 0.493 e. The summed E-state index contributed by atoms with van der Waals surface area (Å²) in [6.45, 7) is 2.50. The van der Waals surface area contributed by atoms with Crippen molar-refractivity contribution in [3.63, 3.8) is 0 Å². The second-order valence-electron chi connectivity index (χ2n) is 4.12. The molecule has 1 atom stereocenters. The van der Waals surface area contributed by atoms with Crippen LogP contribution in [0.3, 0.4) is 0 Å². The van der Waals surface area contributed by atoms with E-state index in [0.717, 1.165) is 10.0 Å². The molecule has 1 unspecified atom stereocenters. The van der Waals surface area contributed by atoms with Crippen LogP contribution >= 0.6 is 15.9 Å². The number of rotatable bonds is 4. The average molecular weight is 342 g/mol. The van der Waals surface area contributed by atoms with Gasteiger partial charge in [-0.3, -0.25) is 15.1 Å². The quantitative estimate of drug-likeness (QED) is 0.872. The van der Waals surface area contributed by atoms with Gasteiger partial charge in [0.05, 0.1) is 14.2 Å². The van der Waals surface area contributed by atoms with Crippen molar-refractivity contribution in [2.45, 2.75) is 13.0 Å². The molecule has 1 aromatic rings. The highest BCUT2D eigenvalue weighted by atomic mass is 79.9. The molecule has 1 fully saturated rings. The van der Waals surface area contributed by atoms with E-state index in [2.05, 4.69) is 31.6 Å². The molecule has 6 nitrogen and oxygen atoms in total. The van der Waals surface area contributed by atoms with Crippen LogP contribution in [-0.4, -0.2) is 32.6 Å². The summed E-state index contributed by atoms with van der Waals surface area (Å²) in [5.41, 5.74) is 0.765. The Kier molecular flexibility index (Phi) is 4.49. The number of nitrogens with one attached hydrogen (secondary N) is 2. The topological polar surface area (TPSA) is 72.0 Å². The zero-order chi connectivity index (χ0) is 14.7. The second-order valence-corrected chi connectivity index (χ2v) is 4.97. The predicted molar refractivity (Wildman–Crippen MR) is 79.2 cm³/mol. The van der Waals surface area contributed by atoms with Crippen molar-refractivity contribution in [2.75, 3.05) is 20.8 Å². The van der Waals surface area contributed by atoms with Gasteiger partial charge in [-0.05, 0) is 19.1 Å². The van der Waals surface area contributed by atoms with Gasteiger partial charge in [0.2, 0.25) is 0 Å². The van der Waals surface area contributed by atoms with Gasteiger partial charge in [0.25, 0.3) is 5.91 Å². The average Bonchev–Trinajstić information content (AvgIpc) is 2.79. The number of ether oxygens (including phenoxy) is 2. The third kappa shape index (κ3) is 2.72. The van der Waals surface area contributed by atoms with E-state index in [-0.39, 0.29) is 5.91 Å². The van der Waals surface area contributed by atoms with Crippen molar-refractivity contribution in [1.82, 2.24) is 10.6 Å². The summed E-state index contributed by atoms with van der Waals surface area (Å²) in [6, 6.07) is 3.04. The minimum absolute atomic E-state index is 0.148. The second kappa shape index (κ2) is 6.13. The molecule has 0 aliphatic carbocycles. The number of nitrogens with zero attached hydrogens (tertiary/aromatic N) is 1. The Balaban J connectivity index is 2.38. The van der Waals surface area contributed by atoms with Crippen LogP contribution in [0.15, 0.2) is 21.6 Å². The number of hydrogen-bond donors (Lipinski definition) is 2. The van der Waals surface area contributed by atoms with Crippen molar-refractivity contribution < 1.29 is 14.3 Å². The van der Waals surface area contributed by atoms with Crippen molar-refractivity contribution in [3.8, 4) is 11.5 Å².